The van der Waals surface area contributed by atoms with Gasteiger partial charge in [0.05, 0.1) is 15.5 Å². The van der Waals surface area contributed by atoms with Crippen molar-refractivity contribution in [2.24, 2.45) is 10.7 Å². The molecule has 0 bridgehead atoms. The van der Waals surface area contributed by atoms with Gasteiger partial charge in [0.2, 0.25) is 5.13 Å². The SMILES string of the molecule is CC(N)=C(C(=Nc1nc(-c2cccc(C(F)(F)F)c2)c(SC(C)C)s1)C(=O)O)c1cccc(F)c1. The van der Waals surface area contributed by atoms with E-state index in [1.807, 2.05) is 13.8 Å². The zero-order valence-electron chi connectivity index (χ0n) is 18.9. The van der Waals surface area contributed by atoms with E-state index in [4.69, 9.17) is 5.73 Å². The Morgan fingerprint density at radius 2 is 1.86 bits per heavy atom. The first-order chi connectivity index (χ1) is 16.4. The first kappa shape index (κ1) is 26.4. The Labute approximate surface area is 207 Å². The van der Waals surface area contributed by atoms with Crippen molar-refractivity contribution in [1.82, 2.24) is 4.98 Å². The summed E-state index contributed by atoms with van der Waals surface area (Å²) < 4.78 is 54.2. The number of aliphatic imine (C=N–C) groups is 1. The van der Waals surface area contributed by atoms with Gasteiger partial charge in [-0.2, -0.15) is 13.2 Å². The summed E-state index contributed by atoms with van der Waals surface area (Å²) in [6, 6.07) is 10.0. The van der Waals surface area contributed by atoms with Crippen LogP contribution in [0, 0.1) is 5.82 Å². The second-order valence-corrected chi connectivity index (χ2v) is 10.5. The number of hydrogen-bond donors (Lipinski definition) is 2. The van der Waals surface area contributed by atoms with Crippen LogP contribution in [0.2, 0.25) is 0 Å². The van der Waals surface area contributed by atoms with Crippen molar-refractivity contribution in [3.63, 3.8) is 0 Å². The number of hydrogen-bond acceptors (Lipinski definition) is 6. The highest BCUT2D eigenvalue weighted by Gasteiger charge is 2.31. The Balaban J connectivity index is 2.18. The highest BCUT2D eigenvalue weighted by Crippen LogP contribution is 2.43. The average molecular weight is 524 g/mol. The van der Waals surface area contributed by atoms with E-state index in [0.717, 1.165) is 29.5 Å². The number of nitrogens with zero attached hydrogens (tertiary/aromatic N) is 2. The number of rotatable bonds is 7. The standard InChI is InChI=1S/C24H21F4N3O2S2/c1-12(2)34-22-19(15-7-4-8-16(10-15)24(26,27)28)30-23(35-22)31-20(21(32)33)18(13(3)29)14-6-5-9-17(25)11-14/h4-12H,29H2,1-3H3,(H,32,33). The third-order valence-electron chi connectivity index (χ3n) is 4.55. The molecule has 35 heavy (non-hydrogen) atoms. The maximum atomic E-state index is 13.8. The molecule has 0 aliphatic heterocycles. The number of carboxylic acids is 1. The molecule has 1 aromatic heterocycles. The lowest BCUT2D eigenvalue weighted by atomic mass is 9.99. The number of benzene rings is 2. The van der Waals surface area contributed by atoms with Gasteiger partial charge in [-0.05, 0) is 36.8 Å². The second kappa shape index (κ2) is 10.6. The zero-order valence-corrected chi connectivity index (χ0v) is 20.5. The summed E-state index contributed by atoms with van der Waals surface area (Å²) in [5, 5.41) is 9.98. The van der Waals surface area contributed by atoms with Gasteiger partial charge >= 0.3 is 12.1 Å². The smallest absolute Gasteiger partial charge is 0.416 e. The first-order valence-electron chi connectivity index (χ1n) is 10.3. The molecule has 0 aliphatic carbocycles. The van der Waals surface area contributed by atoms with Crippen molar-refractivity contribution in [3.8, 4) is 11.3 Å². The minimum Gasteiger partial charge on any atom is -0.476 e. The summed E-state index contributed by atoms with van der Waals surface area (Å²) in [6.07, 6.45) is -4.53. The second-order valence-electron chi connectivity index (χ2n) is 7.71. The number of nitrogens with two attached hydrogens (primary N) is 1. The minimum absolute atomic E-state index is 0.0193. The predicted molar refractivity (Wildman–Crippen MR) is 131 cm³/mol. The van der Waals surface area contributed by atoms with E-state index in [1.54, 1.807) is 0 Å². The van der Waals surface area contributed by atoms with Crippen LogP contribution in [0.4, 0.5) is 22.7 Å². The third kappa shape index (κ3) is 6.49. The van der Waals surface area contributed by atoms with E-state index in [9.17, 15) is 27.5 Å². The fraction of sp³-hybridized carbons (Fsp3) is 0.208. The maximum absolute atomic E-state index is 13.8. The van der Waals surface area contributed by atoms with Crippen LogP contribution in [-0.4, -0.2) is 27.0 Å². The van der Waals surface area contributed by atoms with Crippen molar-refractivity contribution < 1.29 is 27.5 Å². The normalized spacial score (nSPS) is 13.2. The molecular formula is C24H21F4N3O2S2. The van der Waals surface area contributed by atoms with Gasteiger partial charge in [-0.15, -0.1) is 11.8 Å². The molecule has 3 N–H and O–H groups in total. The monoisotopic (exact) mass is 523 g/mol. The molecule has 0 saturated carbocycles. The third-order valence-corrected chi connectivity index (χ3v) is 6.71. The summed E-state index contributed by atoms with van der Waals surface area (Å²) in [5.74, 6) is -1.99. The van der Waals surface area contributed by atoms with E-state index >= 15 is 0 Å². The zero-order chi connectivity index (χ0) is 25.9. The average Bonchev–Trinajstić information content (AvgIpc) is 3.14. The molecule has 184 valence electrons. The number of aliphatic carboxylic acids is 1. The van der Waals surface area contributed by atoms with E-state index in [2.05, 4.69) is 9.98 Å². The fourth-order valence-electron chi connectivity index (χ4n) is 3.16. The molecule has 0 saturated heterocycles. The Bertz CT molecular complexity index is 1310. The quantitative estimate of drug-likeness (QED) is 0.197. The highest BCUT2D eigenvalue weighted by molar-refractivity contribution is 8.01. The molecule has 0 radical (unpaired) electrons. The molecule has 3 aromatic rings. The van der Waals surface area contributed by atoms with Crippen LogP contribution in [0.1, 0.15) is 31.9 Å². The molecule has 0 unspecified atom stereocenters. The van der Waals surface area contributed by atoms with Crippen molar-refractivity contribution in [2.45, 2.75) is 36.4 Å². The topological polar surface area (TPSA) is 88.6 Å². The Morgan fingerprint density at radius 3 is 2.43 bits per heavy atom. The number of carboxylic acid groups (broad SMARTS) is 1. The first-order valence-corrected chi connectivity index (χ1v) is 12.0. The molecule has 0 spiro atoms. The molecule has 11 heteroatoms. The predicted octanol–water partition coefficient (Wildman–Crippen LogP) is 7.02. The fourth-order valence-corrected chi connectivity index (χ4v) is 5.56. The number of aromatic nitrogens is 1. The Kier molecular flexibility index (Phi) is 8.01. The van der Waals surface area contributed by atoms with Crippen molar-refractivity contribution in [3.05, 3.63) is 71.2 Å². The van der Waals surface area contributed by atoms with Gasteiger partial charge in [-0.25, -0.2) is 19.2 Å². The summed E-state index contributed by atoms with van der Waals surface area (Å²) in [4.78, 5) is 20.7. The summed E-state index contributed by atoms with van der Waals surface area (Å²) >= 11 is 2.43. The van der Waals surface area contributed by atoms with Crippen LogP contribution in [-0.2, 0) is 11.0 Å². The summed E-state index contributed by atoms with van der Waals surface area (Å²) in [5.41, 5.74) is 5.50. The molecule has 0 amide bonds. The lowest BCUT2D eigenvalue weighted by Crippen LogP contribution is -2.18. The largest absolute Gasteiger partial charge is 0.476 e. The molecule has 3 rings (SSSR count). The molecule has 0 aliphatic rings. The van der Waals surface area contributed by atoms with Crippen molar-refractivity contribution >= 4 is 45.5 Å². The Hall–Kier alpha value is -3.18. The molecule has 0 atom stereocenters. The lowest BCUT2D eigenvalue weighted by molar-refractivity contribution is -0.137. The van der Waals surface area contributed by atoms with Crippen LogP contribution >= 0.6 is 23.1 Å². The number of carbonyl (C=O) groups is 1. The number of halogens is 4. The van der Waals surface area contributed by atoms with Crippen LogP contribution in [0.25, 0.3) is 16.8 Å². The number of alkyl halides is 3. The van der Waals surface area contributed by atoms with Gasteiger partial charge in [0.25, 0.3) is 0 Å². The number of thiazole rings is 1. The summed E-state index contributed by atoms with van der Waals surface area (Å²) in [6.45, 7) is 5.29. The van der Waals surface area contributed by atoms with Crippen LogP contribution in [0.3, 0.4) is 0 Å². The number of thioether (sulfide) groups is 1. The van der Waals surface area contributed by atoms with Crippen molar-refractivity contribution in [2.75, 3.05) is 0 Å². The molecule has 2 aromatic carbocycles. The molecule has 0 fully saturated rings. The number of allylic oxidation sites excluding steroid dienone is 1. The van der Waals surface area contributed by atoms with E-state index in [-0.39, 0.29) is 38.5 Å². The van der Waals surface area contributed by atoms with Gasteiger partial charge in [-0.1, -0.05) is 49.4 Å². The van der Waals surface area contributed by atoms with Crippen molar-refractivity contribution in [1.29, 1.82) is 0 Å². The van der Waals surface area contributed by atoms with Crippen LogP contribution < -0.4 is 5.73 Å². The lowest BCUT2D eigenvalue weighted by Gasteiger charge is -2.10. The minimum atomic E-state index is -4.53. The van der Waals surface area contributed by atoms with E-state index in [0.29, 0.717) is 4.21 Å². The van der Waals surface area contributed by atoms with E-state index in [1.165, 1.54) is 49.0 Å². The van der Waals surface area contributed by atoms with Crippen LogP contribution in [0.5, 0.6) is 0 Å². The van der Waals surface area contributed by atoms with Gasteiger partial charge in [-0.3, -0.25) is 0 Å². The molecule has 5 nitrogen and oxygen atoms in total. The van der Waals surface area contributed by atoms with Gasteiger partial charge in [0.1, 0.15) is 5.82 Å². The summed E-state index contributed by atoms with van der Waals surface area (Å²) in [7, 11) is 0. The van der Waals surface area contributed by atoms with Gasteiger partial charge in [0, 0.05) is 22.1 Å². The van der Waals surface area contributed by atoms with E-state index < -0.39 is 29.2 Å². The maximum Gasteiger partial charge on any atom is 0.416 e. The highest BCUT2D eigenvalue weighted by atomic mass is 32.2. The van der Waals surface area contributed by atoms with Gasteiger partial charge < -0.3 is 10.8 Å². The van der Waals surface area contributed by atoms with Crippen LogP contribution in [0.15, 0.2) is 63.4 Å². The molecule has 1 heterocycles. The molecular weight excluding hydrogens is 502 g/mol. The van der Waals surface area contributed by atoms with Gasteiger partial charge in [0.15, 0.2) is 5.71 Å². The Morgan fingerprint density at radius 1 is 1.17 bits per heavy atom.